The molecule has 0 aromatic heterocycles. The van der Waals surface area contributed by atoms with Crippen molar-refractivity contribution in [1.82, 2.24) is 4.90 Å². The number of esters is 1. The summed E-state index contributed by atoms with van der Waals surface area (Å²) >= 11 is 0. The van der Waals surface area contributed by atoms with Gasteiger partial charge in [0.05, 0.1) is 13.0 Å². The number of likely N-dealkylation sites (tertiary alicyclic amines) is 1. The Morgan fingerprint density at radius 1 is 1.53 bits per heavy atom. The summed E-state index contributed by atoms with van der Waals surface area (Å²) in [5.74, 6) is 0.326. The van der Waals surface area contributed by atoms with Gasteiger partial charge in [0.15, 0.2) is 0 Å². The van der Waals surface area contributed by atoms with Crippen LogP contribution in [-0.4, -0.2) is 38.1 Å². The molecule has 0 radical (unpaired) electrons. The zero-order valence-corrected chi connectivity index (χ0v) is 12.1. The fourth-order valence-electron chi connectivity index (χ4n) is 2.92. The molecule has 1 aromatic rings. The predicted molar refractivity (Wildman–Crippen MR) is 76.3 cm³/mol. The zero-order valence-electron chi connectivity index (χ0n) is 12.1. The fourth-order valence-corrected chi connectivity index (χ4v) is 2.92. The molecule has 3 heteroatoms. The maximum Gasteiger partial charge on any atom is 0.313 e. The molecular weight excluding hydrogens is 238 g/mol. The molecule has 1 heterocycles. The van der Waals surface area contributed by atoms with Crippen LogP contribution in [0, 0.1) is 0 Å². The molecule has 0 spiro atoms. The van der Waals surface area contributed by atoms with Crippen molar-refractivity contribution in [3.8, 4) is 0 Å². The first-order chi connectivity index (χ1) is 9.15. The number of hydrogen-bond acceptors (Lipinski definition) is 3. The molecule has 1 aliphatic heterocycles. The van der Waals surface area contributed by atoms with E-state index in [0.29, 0.717) is 5.92 Å². The summed E-state index contributed by atoms with van der Waals surface area (Å²) in [5, 5.41) is 0. The van der Waals surface area contributed by atoms with Gasteiger partial charge in [-0.05, 0) is 43.5 Å². The lowest BCUT2D eigenvalue weighted by molar-refractivity contribution is -0.142. The minimum absolute atomic E-state index is 0.135. The summed E-state index contributed by atoms with van der Waals surface area (Å²) in [6.45, 7) is 4.29. The van der Waals surface area contributed by atoms with E-state index in [0.717, 1.165) is 25.1 Å². The summed E-state index contributed by atoms with van der Waals surface area (Å²) in [6.07, 6.45) is 1.98. The maximum atomic E-state index is 11.8. The van der Waals surface area contributed by atoms with Crippen LogP contribution in [0.25, 0.3) is 0 Å². The van der Waals surface area contributed by atoms with Crippen LogP contribution in [0.4, 0.5) is 0 Å². The first-order valence-electron chi connectivity index (χ1n) is 7.02. The summed E-state index contributed by atoms with van der Waals surface area (Å²) < 4.78 is 4.89. The topological polar surface area (TPSA) is 29.5 Å². The average molecular weight is 261 g/mol. The number of methoxy groups -OCH3 is 1. The summed E-state index contributed by atoms with van der Waals surface area (Å²) in [7, 11) is 3.62. The minimum atomic E-state index is -0.136. The van der Waals surface area contributed by atoms with Crippen molar-refractivity contribution in [1.29, 1.82) is 0 Å². The van der Waals surface area contributed by atoms with Crippen molar-refractivity contribution in [2.45, 2.75) is 31.6 Å². The van der Waals surface area contributed by atoms with Crippen LogP contribution < -0.4 is 0 Å². The largest absolute Gasteiger partial charge is 0.469 e. The summed E-state index contributed by atoms with van der Waals surface area (Å²) in [4.78, 5) is 14.2. The van der Waals surface area contributed by atoms with Crippen molar-refractivity contribution in [3.63, 3.8) is 0 Å². The Bertz CT molecular complexity index is 444. The first-order valence-corrected chi connectivity index (χ1v) is 7.02. The first kappa shape index (κ1) is 14.1. The van der Waals surface area contributed by atoms with Gasteiger partial charge >= 0.3 is 5.97 Å². The van der Waals surface area contributed by atoms with E-state index in [1.807, 2.05) is 13.0 Å². The van der Waals surface area contributed by atoms with Gasteiger partial charge in [-0.1, -0.05) is 31.2 Å². The smallest absolute Gasteiger partial charge is 0.313 e. The molecule has 2 unspecified atom stereocenters. The quantitative estimate of drug-likeness (QED) is 0.781. The van der Waals surface area contributed by atoms with E-state index >= 15 is 0 Å². The molecule has 1 aromatic carbocycles. The molecule has 0 saturated carbocycles. The van der Waals surface area contributed by atoms with Crippen LogP contribution in [0.15, 0.2) is 24.3 Å². The van der Waals surface area contributed by atoms with Gasteiger partial charge in [-0.25, -0.2) is 0 Å². The number of benzene rings is 1. The molecule has 0 bridgehead atoms. The Kier molecular flexibility index (Phi) is 4.59. The highest BCUT2D eigenvalue weighted by atomic mass is 16.5. The Morgan fingerprint density at radius 3 is 2.89 bits per heavy atom. The van der Waals surface area contributed by atoms with Crippen LogP contribution in [0.5, 0.6) is 0 Å². The van der Waals surface area contributed by atoms with Crippen molar-refractivity contribution in [3.05, 3.63) is 35.4 Å². The molecule has 2 rings (SSSR count). The van der Waals surface area contributed by atoms with Gasteiger partial charge in [0, 0.05) is 6.54 Å². The van der Waals surface area contributed by atoms with Crippen LogP contribution in [0.3, 0.4) is 0 Å². The average Bonchev–Trinajstić information content (AvgIpc) is 2.86. The minimum Gasteiger partial charge on any atom is -0.469 e. The van der Waals surface area contributed by atoms with E-state index in [1.54, 1.807) is 0 Å². The van der Waals surface area contributed by atoms with Gasteiger partial charge in [-0.3, -0.25) is 4.79 Å². The van der Waals surface area contributed by atoms with Crippen molar-refractivity contribution in [2.24, 2.45) is 0 Å². The molecule has 104 valence electrons. The van der Waals surface area contributed by atoms with Crippen molar-refractivity contribution in [2.75, 3.05) is 27.2 Å². The lowest BCUT2D eigenvalue weighted by atomic mass is 9.91. The van der Waals surface area contributed by atoms with Crippen molar-refractivity contribution >= 4 is 5.97 Å². The van der Waals surface area contributed by atoms with E-state index in [1.165, 1.54) is 19.1 Å². The highest BCUT2D eigenvalue weighted by Crippen LogP contribution is 2.29. The number of hydrogen-bond donors (Lipinski definition) is 0. The maximum absolute atomic E-state index is 11.8. The molecule has 0 amide bonds. The third-order valence-electron chi connectivity index (χ3n) is 4.07. The number of carbonyl (C=O) groups excluding carboxylic acids is 1. The summed E-state index contributed by atoms with van der Waals surface area (Å²) in [5.41, 5.74) is 2.44. The highest BCUT2D eigenvalue weighted by Gasteiger charge is 2.24. The van der Waals surface area contributed by atoms with E-state index in [2.05, 4.69) is 30.1 Å². The molecule has 1 saturated heterocycles. The van der Waals surface area contributed by atoms with Gasteiger partial charge in [-0.15, -0.1) is 0 Å². The lowest BCUT2D eigenvalue weighted by Gasteiger charge is -2.16. The van der Waals surface area contributed by atoms with E-state index in [-0.39, 0.29) is 11.9 Å². The zero-order chi connectivity index (χ0) is 13.8. The second-order valence-electron chi connectivity index (χ2n) is 5.40. The number of ether oxygens (including phenoxy) is 1. The van der Waals surface area contributed by atoms with Crippen LogP contribution in [0.1, 0.15) is 42.7 Å². The third-order valence-corrected chi connectivity index (χ3v) is 4.07. The molecule has 1 aliphatic rings. The normalized spacial score (nSPS) is 21.3. The molecule has 2 atom stereocenters. The Balaban J connectivity index is 2.21. The number of rotatable bonds is 4. The van der Waals surface area contributed by atoms with Gasteiger partial charge in [-0.2, -0.15) is 0 Å². The Morgan fingerprint density at radius 2 is 2.32 bits per heavy atom. The molecule has 0 aliphatic carbocycles. The highest BCUT2D eigenvalue weighted by molar-refractivity contribution is 5.78. The second-order valence-corrected chi connectivity index (χ2v) is 5.40. The lowest BCUT2D eigenvalue weighted by Crippen LogP contribution is -2.15. The van der Waals surface area contributed by atoms with Crippen LogP contribution >= 0.6 is 0 Å². The SMILES string of the molecule is CCC(C(=O)OC)c1cccc(C2CCN(C)C2)c1. The van der Waals surface area contributed by atoms with Gasteiger partial charge in [0.2, 0.25) is 0 Å². The van der Waals surface area contributed by atoms with Gasteiger partial charge < -0.3 is 9.64 Å². The molecule has 3 nitrogen and oxygen atoms in total. The Labute approximate surface area is 115 Å². The number of likely N-dealkylation sites (N-methyl/N-ethyl adjacent to an activating group) is 1. The third kappa shape index (κ3) is 3.16. The Hall–Kier alpha value is -1.35. The predicted octanol–water partition coefficient (Wildman–Crippen LogP) is 2.77. The van der Waals surface area contributed by atoms with Gasteiger partial charge in [0.1, 0.15) is 0 Å². The number of nitrogens with zero attached hydrogens (tertiary/aromatic N) is 1. The van der Waals surface area contributed by atoms with E-state index in [9.17, 15) is 4.79 Å². The molecule has 1 fully saturated rings. The number of carbonyl (C=O) groups is 1. The van der Waals surface area contributed by atoms with E-state index < -0.39 is 0 Å². The fraction of sp³-hybridized carbons (Fsp3) is 0.562. The summed E-state index contributed by atoms with van der Waals surface area (Å²) in [6, 6.07) is 8.47. The van der Waals surface area contributed by atoms with Crippen molar-refractivity contribution < 1.29 is 9.53 Å². The monoisotopic (exact) mass is 261 g/mol. The van der Waals surface area contributed by atoms with Crippen LogP contribution in [-0.2, 0) is 9.53 Å². The molecule has 19 heavy (non-hydrogen) atoms. The molecule has 0 N–H and O–H groups in total. The standard InChI is InChI=1S/C16H23NO2/c1-4-15(16(18)19-3)13-7-5-6-12(10-13)14-8-9-17(2)11-14/h5-7,10,14-15H,4,8-9,11H2,1-3H3. The second kappa shape index (κ2) is 6.20. The van der Waals surface area contributed by atoms with Gasteiger partial charge in [0.25, 0.3) is 0 Å². The van der Waals surface area contributed by atoms with E-state index in [4.69, 9.17) is 4.74 Å². The van der Waals surface area contributed by atoms with Crippen LogP contribution in [0.2, 0.25) is 0 Å². The molecular formula is C16H23NO2.